The Labute approximate surface area is 240 Å². The SMILES string of the molecule is O=C(Cc1c[nH]c2ccc(F)cc12)NC(Cc1cc(F)cc(F)c1)c1ncccc1-c1ccccc1-c1ccccc1. The Morgan fingerprint density at radius 2 is 1.48 bits per heavy atom. The van der Waals surface area contributed by atoms with Crippen LogP contribution in [0.3, 0.4) is 0 Å². The fourth-order valence-electron chi connectivity index (χ4n) is 5.41. The largest absolute Gasteiger partial charge is 0.361 e. The lowest BCUT2D eigenvalue weighted by Crippen LogP contribution is -2.32. The summed E-state index contributed by atoms with van der Waals surface area (Å²) in [5.74, 6) is -2.14. The van der Waals surface area contributed by atoms with Gasteiger partial charge in [-0.25, -0.2) is 13.2 Å². The molecule has 4 aromatic carbocycles. The van der Waals surface area contributed by atoms with Gasteiger partial charge in [0.25, 0.3) is 0 Å². The van der Waals surface area contributed by atoms with Crippen molar-refractivity contribution in [3.05, 3.63) is 150 Å². The summed E-state index contributed by atoms with van der Waals surface area (Å²) in [6, 6.07) is 28.6. The lowest BCUT2D eigenvalue weighted by atomic mass is 9.90. The lowest BCUT2D eigenvalue weighted by Gasteiger charge is -2.22. The van der Waals surface area contributed by atoms with Gasteiger partial charge >= 0.3 is 0 Å². The molecule has 0 bridgehead atoms. The molecule has 0 aliphatic rings. The van der Waals surface area contributed by atoms with Crippen LogP contribution in [0.25, 0.3) is 33.2 Å². The number of hydrogen-bond donors (Lipinski definition) is 2. The van der Waals surface area contributed by atoms with Crippen molar-refractivity contribution in [2.75, 3.05) is 0 Å². The molecule has 208 valence electrons. The number of hydrogen-bond acceptors (Lipinski definition) is 2. The van der Waals surface area contributed by atoms with Gasteiger partial charge in [-0.1, -0.05) is 60.7 Å². The van der Waals surface area contributed by atoms with E-state index >= 15 is 0 Å². The molecule has 0 saturated carbocycles. The van der Waals surface area contributed by atoms with Gasteiger partial charge in [0.2, 0.25) is 5.91 Å². The normalized spacial score (nSPS) is 11.9. The van der Waals surface area contributed by atoms with Crippen LogP contribution in [-0.2, 0) is 17.6 Å². The molecule has 7 heteroatoms. The van der Waals surface area contributed by atoms with Crippen LogP contribution < -0.4 is 5.32 Å². The number of benzene rings is 4. The second kappa shape index (κ2) is 11.7. The van der Waals surface area contributed by atoms with Crippen LogP contribution in [0.4, 0.5) is 13.2 Å². The van der Waals surface area contributed by atoms with Gasteiger partial charge in [-0.15, -0.1) is 0 Å². The summed E-state index contributed by atoms with van der Waals surface area (Å²) in [6.45, 7) is 0. The van der Waals surface area contributed by atoms with E-state index in [0.29, 0.717) is 22.2 Å². The third-order valence-corrected chi connectivity index (χ3v) is 7.25. The van der Waals surface area contributed by atoms with Gasteiger partial charge in [-0.2, -0.15) is 0 Å². The van der Waals surface area contributed by atoms with E-state index < -0.39 is 23.5 Å². The van der Waals surface area contributed by atoms with Crippen molar-refractivity contribution < 1.29 is 18.0 Å². The van der Waals surface area contributed by atoms with Crippen LogP contribution in [0.5, 0.6) is 0 Å². The number of halogens is 3. The molecule has 1 unspecified atom stereocenters. The highest BCUT2D eigenvalue weighted by Gasteiger charge is 2.23. The fourth-order valence-corrected chi connectivity index (χ4v) is 5.41. The van der Waals surface area contributed by atoms with Crippen molar-refractivity contribution in [1.82, 2.24) is 15.3 Å². The number of nitrogens with zero attached hydrogens (tertiary/aromatic N) is 1. The zero-order chi connectivity index (χ0) is 29.1. The number of amides is 1. The Balaban J connectivity index is 1.40. The van der Waals surface area contributed by atoms with Crippen molar-refractivity contribution in [2.45, 2.75) is 18.9 Å². The van der Waals surface area contributed by atoms with Crippen LogP contribution in [0, 0.1) is 17.5 Å². The molecule has 0 saturated heterocycles. The first-order valence-electron chi connectivity index (χ1n) is 13.5. The molecule has 42 heavy (non-hydrogen) atoms. The van der Waals surface area contributed by atoms with E-state index in [1.54, 1.807) is 18.5 Å². The molecule has 0 aliphatic heterocycles. The van der Waals surface area contributed by atoms with Crippen molar-refractivity contribution in [3.8, 4) is 22.3 Å². The number of aromatic amines is 1. The molecular formula is C35H26F3N3O. The second-order valence-corrected chi connectivity index (χ2v) is 10.1. The molecule has 1 atom stereocenters. The summed E-state index contributed by atoms with van der Waals surface area (Å²) in [6.07, 6.45) is 3.39. The molecule has 2 heterocycles. The Kier molecular flexibility index (Phi) is 7.56. The maximum absolute atomic E-state index is 14.2. The number of aromatic nitrogens is 2. The number of H-pyrrole nitrogens is 1. The smallest absolute Gasteiger partial charge is 0.225 e. The van der Waals surface area contributed by atoms with Gasteiger partial charge in [-0.05, 0) is 70.6 Å². The van der Waals surface area contributed by atoms with E-state index in [-0.39, 0.29) is 18.7 Å². The molecular weight excluding hydrogens is 535 g/mol. The van der Waals surface area contributed by atoms with Crippen LogP contribution >= 0.6 is 0 Å². The molecule has 6 aromatic rings. The molecule has 2 aromatic heterocycles. The zero-order valence-corrected chi connectivity index (χ0v) is 22.5. The van der Waals surface area contributed by atoms with Gasteiger partial charge in [0.05, 0.1) is 18.2 Å². The molecule has 0 fully saturated rings. The number of pyridine rings is 1. The minimum Gasteiger partial charge on any atom is -0.361 e. The van der Waals surface area contributed by atoms with Gasteiger partial charge in [0, 0.05) is 34.9 Å². The number of fused-ring (bicyclic) bond motifs is 1. The zero-order valence-electron chi connectivity index (χ0n) is 22.5. The Morgan fingerprint density at radius 3 is 2.26 bits per heavy atom. The number of carbonyl (C=O) groups excluding carboxylic acids is 1. The van der Waals surface area contributed by atoms with Crippen molar-refractivity contribution in [3.63, 3.8) is 0 Å². The van der Waals surface area contributed by atoms with E-state index in [1.165, 1.54) is 24.3 Å². The molecule has 0 radical (unpaired) electrons. The minimum atomic E-state index is -0.722. The summed E-state index contributed by atoms with van der Waals surface area (Å²) in [4.78, 5) is 21.2. The van der Waals surface area contributed by atoms with Gasteiger partial charge < -0.3 is 10.3 Å². The van der Waals surface area contributed by atoms with Crippen molar-refractivity contribution in [2.24, 2.45) is 0 Å². The summed E-state index contributed by atoms with van der Waals surface area (Å²) in [5.41, 5.74) is 5.97. The third-order valence-electron chi connectivity index (χ3n) is 7.25. The fraction of sp³-hybridized carbons (Fsp3) is 0.0857. The van der Waals surface area contributed by atoms with E-state index in [2.05, 4.69) is 15.3 Å². The van der Waals surface area contributed by atoms with E-state index in [1.807, 2.05) is 66.7 Å². The number of carbonyl (C=O) groups is 1. The molecule has 0 spiro atoms. The molecule has 6 rings (SSSR count). The van der Waals surface area contributed by atoms with Crippen LogP contribution in [-0.4, -0.2) is 15.9 Å². The summed E-state index contributed by atoms with van der Waals surface area (Å²) in [7, 11) is 0. The highest BCUT2D eigenvalue weighted by atomic mass is 19.1. The molecule has 2 N–H and O–H groups in total. The topological polar surface area (TPSA) is 57.8 Å². The maximum Gasteiger partial charge on any atom is 0.225 e. The van der Waals surface area contributed by atoms with Crippen LogP contribution in [0.15, 0.2) is 116 Å². The lowest BCUT2D eigenvalue weighted by molar-refractivity contribution is -0.121. The molecule has 4 nitrogen and oxygen atoms in total. The predicted molar refractivity (Wildman–Crippen MR) is 158 cm³/mol. The highest BCUT2D eigenvalue weighted by Crippen LogP contribution is 2.36. The number of rotatable bonds is 8. The highest BCUT2D eigenvalue weighted by molar-refractivity contribution is 5.89. The van der Waals surface area contributed by atoms with Crippen LogP contribution in [0.2, 0.25) is 0 Å². The van der Waals surface area contributed by atoms with Gasteiger partial charge in [0.15, 0.2) is 0 Å². The first-order valence-corrected chi connectivity index (χ1v) is 13.5. The quantitative estimate of drug-likeness (QED) is 0.198. The Morgan fingerprint density at radius 1 is 0.762 bits per heavy atom. The van der Waals surface area contributed by atoms with E-state index in [4.69, 9.17) is 0 Å². The number of nitrogens with one attached hydrogen (secondary N) is 2. The standard InChI is InChI=1S/C35H26F3N3O/c36-25-12-13-32-31(20-25)24(21-40-32)18-34(42)41-33(17-22-15-26(37)19-27(38)16-22)35-30(11-6-14-39-35)29-10-5-4-9-28(29)23-7-2-1-3-8-23/h1-16,19-21,33,40H,17-18H2,(H,41,42). The monoisotopic (exact) mass is 561 g/mol. The van der Waals surface area contributed by atoms with Gasteiger partial charge in [0.1, 0.15) is 17.5 Å². The molecule has 0 aliphatic carbocycles. The third kappa shape index (κ3) is 5.81. The average Bonchev–Trinajstić information content (AvgIpc) is 3.38. The molecule has 1 amide bonds. The first kappa shape index (κ1) is 27.0. The van der Waals surface area contributed by atoms with E-state index in [0.717, 1.165) is 33.8 Å². The van der Waals surface area contributed by atoms with Gasteiger partial charge in [-0.3, -0.25) is 9.78 Å². The van der Waals surface area contributed by atoms with Crippen molar-refractivity contribution in [1.29, 1.82) is 0 Å². The average molecular weight is 562 g/mol. The first-order chi connectivity index (χ1) is 20.4. The second-order valence-electron chi connectivity index (χ2n) is 10.1. The summed E-state index contributed by atoms with van der Waals surface area (Å²) in [5, 5.41) is 3.67. The summed E-state index contributed by atoms with van der Waals surface area (Å²) >= 11 is 0. The predicted octanol–water partition coefficient (Wildman–Crippen LogP) is 7.96. The minimum absolute atomic E-state index is 0.0275. The van der Waals surface area contributed by atoms with E-state index in [9.17, 15) is 18.0 Å². The van der Waals surface area contributed by atoms with Crippen LogP contribution in [0.1, 0.15) is 22.9 Å². The Bertz CT molecular complexity index is 1860. The summed E-state index contributed by atoms with van der Waals surface area (Å²) < 4.78 is 42.3. The maximum atomic E-state index is 14.2. The van der Waals surface area contributed by atoms with Crippen molar-refractivity contribution >= 4 is 16.8 Å². The Hall–Kier alpha value is -5.17.